The van der Waals surface area contributed by atoms with Crippen LogP contribution < -0.4 is 5.32 Å². The number of nitrogens with zero attached hydrogens (tertiary/aromatic N) is 2. The van der Waals surface area contributed by atoms with Crippen molar-refractivity contribution in [2.24, 2.45) is 5.92 Å². The molecule has 106 valence electrons. The lowest BCUT2D eigenvalue weighted by atomic mass is 10.0. The molecule has 1 rings (SSSR count). The molecule has 1 aromatic heterocycles. The SMILES string of the molecule is CCc1cc(NC(C)CCCC(C)C(=O)O)ncn1. The maximum absolute atomic E-state index is 10.7. The quantitative estimate of drug-likeness (QED) is 0.756. The van der Waals surface area contributed by atoms with Crippen molar-refractivity contribution in [3.8, 4) is 0 Å². The first kappa shape index (κ1) is 15.4. The van der Waals surface area contributed by atoms with Crippen LogP contribution in [0.1, 0.15) is 45.7 Å². The van der Waals surface area contributed by atoms with Crippen molar-refractivity contribution >= 4 is 11.8 Å². The number of carboxylic acid groups (broad SMARTS) is 1. The second kappa shape index (κ2) is 7.71. The second-order valence-corrected chi connectivity index (χ2v) is 4.96. The van der Waals surface area contributed by atoms with Gasteiger partial charge < -0.3 is 10.4 Å². The van der Waals surface area contributed by atoms with Crippen LogP contribution in [0.2, 0.25) is 0 Å². The van der Waals surface area contributed by atoms with E-state index >= 15 is 0 Å². The van der Waals surface area contributed by atoms with Crippen molar-refractivity contribution in [1.82, 2.24) is 9.97 Å². The lowest BCUT2D eigenvalue weighted by Gasteiger charge is -2.15. The molecule has 2 unspecified atom stereocenters. The monoisotopic (exact) mass is 265 g/mol. The molecule has 0 fully saturated rings. The summed E-state index contributed by atoms with van der Waals surface area (Å²) >= 11 is 0. The topological polar surface area (TPSA) is 75.1 Å². The standard InChI is InChI=1S/C14H23N3O2/c1-4-12-8-13(16-9-15-12)17-11(3)7-5-6-10(2)14(18)19/h8-11H,4-7H2,1-3H3,(H,18,19)(H,15,16,17). The van der Waals surface area contributed by atoms with E-state index in [1.54, 1.807) is 13.3 Å². The Hall–Kier alpha value is -1.65. The van der Waals surface area contributed by atoms with E-state index in [1.807, 2.05) is 6.07 Å². The summed E-state index contributed by atoms with van der Waals surface area (Å²) in [6, 6.07) is 2.23. The van der Waals surface area contributed by atoms with Gasteiger partial charge in [-0.15, -0.1) is 0 Å². The molecule has 5 nitrogen and oxygen atoms in total. The second-order valence-electron chi connectivity index (χ2n) is 4.96. The van der Waals surface area contributed by atoms with Crippen LogP contribution in [-0.2, 0) is 11.2 Å². The van der Waals surface area contributed by atoms with Gasteiger partial charge in [-0.05, 0) is 26.2 Å². The molecule has 0 aromatic carbocycles. The van der Waals surface area contributed by atoms with Crippen molar-refractivity contribution in [1.29, 1.82) is 0 Å². The van der Waals surface area contributed by atoms with Gasteiger partial charge in [0.25, 0.3) is 0 Å². The summed E-state index contributed by atoms with van der Waals surface area (Å²) in [5, 5.41) is 12.1. The third-order valence-corrected chi connectivity index (χ3v) is 3.18. The summed E-state index contributed by atoms with van der Waals surface area (Å²) in [7, 11) is 0. The Labute approximate surface area is 114 Å². The lowest BCUT2D eigenvalue weighted by Crippen LogP contribution is -2.17. The molecular formula is C14H23N3O2. The number of rotatable bonds is 8. The number of carboxylic acids is 1. The van der Waals surface area contributed by atoms with E-state index in [2.05, 4.69) is 29.1 Å². The Balaban J connectivity index is 2.34. The molecule has 0 saturated heterocycles. The molecule has 19 heavy (non-hydrogen) atoms. The molecule has 0 amide bonds. The predicted octanol–water partition coefficient (Wildman–Crippen LogP) is 2.73. The van der Waals surface area contributed by atoms with E-state index in [1.165, 1.54) is 0 Å². The van der Waals surface area contributed by atoms with Crippen LogP contribution in [-0.4, -0.2) is 27.1 Å². The molecular weight excluding hydrogens is 242 g/mol. The van der Waals surface area contributed by atoms with Gasteiger partial charge >= 0.3 is 5.97 Å². The molecule has 2 atom stereocenters. The van der Waals surface area contributed by atoms with E-state index in [0.29, 0.717) is 6.42 Å². The Morgan fingerprint density at radius 1 is 1.37 bits per heavy atom. The highest BCUT2D eigenvalue weighted by Crippen LogP contribution is 2.13. The number of aryl methyl sites for hydroxylation is 1. The molecule has 0 bridgehead atoms. The Morgan fingerprint density at radius 3 is 2.74 bits per heavy atom. The molecule has 2 N–H and O–H groups in total. The zero-order valence-corrected chi connectivity index (χ0v) is 11.9. The van der Waals surface area contributed by atoms with Crippen molar-refractivity contribution in [2.75, 3.05) is 5.32 Å². The van der Waals surface area contributed by atoms with Crippen molar-refractivity contribution in [2.45, 2.75) is 52.5 Å². The number of aromatic nitrogens is 2. The number of hydrogen-bond acceptors (Lipinski definition) is 4. The molecule has 0 aliphatic carbocycles. The number of nitrogens with one attached hydrogen (secondary N) is 1. The van der Waals surface area contributed by atoms with Crippen LogP contribution in [0.5, 0.6) is 0 Å². The van der Waals surface area contributed by atoms with Gasteiger partial charge in [0.1, 0.15) is 12.1 Å². The number of aliphatic carboxylic acids is 1. The lowest BCUT2D eigenvalue weighted by molar-refractivity contribution is -0.141. The molecule has 0 spiro atoms. The van der Waals surface area contributed by atoms with E-state index in [4.69, 9.17) is 5.11 Å². The van der Waals surface area contributed by atoms with Gasteiger partial charge in [-0.25, -0.2) is 9.97 Å². The predicted molar refractivity (Wildman–Crippen MR) is 75.1 cm³/mol. The first-order valence-corrected chi connectivity index (χ1v) is 6.83. The smallest absolute Gasteiger partial charge is 0.306 e. The summed E-state index contributed by atoms with van der Waals surface area (Å²) in [4.78, 5) is 19.0. The van der Waals surface area contributed by atoms with Gasteiger partial charge in [0, 0.05) is 17.8 Å². The third-order valence-electron chi connectivity index (χ3n) is 3.18. The van der Waals surface area contributed by atoms with E-state index in [9.17, 15) is 4.79 Å². The van der Waals surface area contributed by atoms with Gasteiger partial charge in [0.05, 0.1) is 5.92 Å². The van der Waals surface area contributed by atoms with Crippen LogP contribution >= 0.6 is 0 Å². The molecule has 1 aromatic rings. The van der Waals surface area contributed by atoms with Gasteiger partial charge in [-0.1, -0.05) is 20.3 Å². The van der Waals surface area contributed by atoms with Crippen molar-refractivity contribution in [3.05, 3.63) is 18.1 Å². The summed E-state index contributed by atoms with van der Waals surface area (Å²) in [5.41, 5.74) is 1.02. The van der Waals surface area contributed by atoms with Gasteiger partial charge in [0.15, 0.2) is 0 Å². The molecule has 0 aliphatic rings. The Bertz CT molecular complexity index is 409. The highest BCUT2D eigenvalue weighted by atomic mass is 16.4. The first-order chi connectivity index (χ1) is 9.02. The largest absolute Gasteiger partial charge is 0.481 e. The highest BCUT2D eigenvalue weighted by Gasteiger charge is 2.11. The highest BCUT2D eigenvalue weighted by molar-refractivity contribution is 5.69. The fourth-order valence-corrected chi connectivity index (χ4v) is 1.85. The number of hydrogen-bond donors (Lipinski definition) is 2. The minimum absolute atomic E-state index is 0.266. The van der Waals surface area contributed by atoms with Gasteiger partial charge in [-0.2, -0.15) is 0 Å². The van der Waals surface area contributed by atoms with Gasteiger partial charge in [-0.3, -0.25) is 4.79 Å². The molecule has 1 heterocycles. The fraction of sp³-hybridized carbons (Fsp3) is 0.643. The third kappa shape index (κ3) is 5.68. The van der Waals surface area contributed by atoms with Gasteiger partial charge in [0.2, 0.25) is 0 Å². The van der Waals surface area contributed by atoms with E-state index < -0.39 is 5.97 Å². The maximum Gasteiger partial charge on any atom is 0.306 e. The van der Waals surface area contributed by atoms with Crippen LogP contribution in [0.3, 0.4) is 0 Å². The van der Waals surface area contributed by atoms with Crippen LogP contribution in [0.25, 0.3) is 0 Å². The summed E-state index contributed by atoms with van der Waals surface area (Å²) < 4.78 is 0. The number of anilines is 1. The molecule has 0 saturated carbocycles. The average molecular weight is 265 g/mol. The van der Waals surface area contributed by atoms with Crippen LogP contribution in [0.4, 0.5) is 5.82 Å². The molecule has 5 heteroatoms. The van der Waals surface area contributed by atoms with Crippen LogP contribution in [0.15, 0.2) is 12.4 Å². The average Bonchev–Trinajstić information content (AvgIpc) is 2.38. The minimum Gasteiger partial charge on any atom is -0.481 e. The Morgan fingerprint density at radius 2 is 2.11 bits per heavy atom. The molecule has 0 radical (unpaired) electrons. The molecule has 0 aliphatic heterocycles. The zero-order chi connectivity index (χ0) is 14.3. The Kier molecular flexibility index (Phi) is 6.25. The summed E-state index contributed by atoms with van der Waals surface area (Å²) in [6.45, 7) is 5.89. The van der Waals surface area contributed by atoms with E-state index in [-0.39, 0.29) is 12.0 Å². The number of carbonyl (C=O) groups is 1. The summed E-state index contributed by atoms with van der Waals surface area (Å²) in [6.07, 6.45) is 5.00. The summed E-state index contributed by atoms with van der Waals surface area (Å²) in [5.74, 6) is -0.146. The van der Waals surface area contributed by atoms with E-state index in [0.717, 1.165) is 30.8 Å². The van der Waals surface area contributed by atoms with Crippen molar-refractivity contribution < 1.29 is 9.90 Å². The zero-order valence-electron chi connectivity index (χ0n) is 11.9. The fourth-order valence-electron chi connectivity index (χ4n) is 1.85. The van der Waals surface area contributed by atoms with Crippen molar-refractivity contribution in [3.63, 3.8) is 0 Å². The van der Waals surface area contributed by atoms with Crippen LogP contribution in [0, 0.1) is 5.92 Å². The first-order valence-electron chi connectivity index (χ1n) is 6.83. The normalized spacial score (nSPS) is 13.8. The minimum atomic E-state index is -0.719. The maximum atomic E-state index is 10.7.